The van der Waals surface area contributed by atoms with Crippen molar-refractivity contribution >= 4 is 5.95 Å². The Morgan fingerprint density at radius 1 is 1.32 bits per heavy atom. The highest BCUT2D eigenvalue weighted by Gasteiger charge is 2.28. The molecule has 7 heteroatoms. The van der Waals surface area contributed by atoms with E-state index in [-0.39, 0.29) is 13.2 Å². The van der Waals surface area contributed by atoms with Gasteiger partial charge in [-0.05, 0) is 25.7 Å². The quantitative estimate of drug-likeness (QED) is 0.851. The van der Waals surface area contributed by atoms with Crippen molar-refractivity contribution < 1.29 is 9.13 Å². The molecule has 1 aromatic rings. The number of likely N-dealkylation sites (tertiary alicyclic amines) is 1. The molecule has 0 aliphatic carbocycles. The number of nitrogens with two attached hydrogens (primary N) is 1. The van der Waals surface area contributed by atoms with Crippen molar-refractivity contribution in [3.05, 3.63) is 36.6 Å². The van der Waals surface area contributed by atoms with Gasteiger partial charge in [0.1, 0.15) is 6.61 Å². The maximum absolute atomic E-state index is 12.5. The molecule has 2 N–H and O–H groups in total. The number of piperidine rings is 1. The van der Waals surface area contributed by atoms with Crippen molar-refractivity contribution in [1.82, 2.24) is 14.9 Å². The maximum Gasteiger partial charge on any atom is 0.225 e. The van der Waals surface area contributed by atoms with Crippen LogP contribution in [0.5, 0.6) is 5.75 Å². The number of aromatic nitrogens is 2. The minimum absolute atomic E-state index is 0.112. The lowest BCUT2D eigenvalue weighted by Crippen LogP contribution is -2.43. The smallest absolute Gasteiger partial charge is 0.225 e. The summed E-state index contributed by atoms with van der Waals surface area (Å²) in [7, 11) is 0. The Morgan fingerprint density at radius 2 is 2.04 bits per heavy atom. The molecule has 0 saturated carbocycles. The van der Waals surface area contributed by atoms with Gasteiger partial charge in [0.2, 0.25) is 5.95 Å². The zero-order valence-corrected chi connectivity index (χ0v) is 14.5. The van der Waals surface area contributed by atoms with Crippen LogP contribution >= 0.6 is 0 Å². The van der Waals surface area contributed by atoms with E-state index in [1.54, 1.807) is 12.4 Å². The topological polar surface area (TPSA) is 67.5 Å². The van der Waals surface area contributed by atoms with Crippen LogP contribution in [-0.2, 0) is 0 Å². The SMILES string of the molecule is C=C1CCCN1C1CCN(c2ncc(OC/C(=C/F)CN)cn2)CC1. The summed E-state index contributed by atoms with van der Waals surface area (Å²) in [6, 6.07) is 0.594. The number of hydrogen-bond donors (Lipinski definition) is 1. The molecule has 0 spiro atoms. The van der Waals surface area contributed by atoms with Crippen LogP contribution in [0.3, 0.4) is 0 Å². The molecule has 0 unspecified atom stereocenters. The van der Waals surface area contributed by atoms with Crippen molar-refractivity contribution in [3.63, 3.8) is 0 Å². The molecule has 2 aliphatic rings. The predicted molar refractivity (Wildman–Crippen MR) is 96.1 cm³/mol. The molecule has 3 heterocycles. The number of allylic oxidation sites excluding steroid dienone is 1. The summed E-state index contributed by atoms with van der Waals surface area (Å²) in [5, 5.41) is 0. The third kappa shape index (κ3) is 4.28. The van der Waals surface area contributed by atoms with Gasteiger partial charge in [-0.25, -0.2) is 14.4 Å². The van der Waals surface area contributed by atoms with Crippen LogP contribution in [0.1, 0.15) is 25.7 Å². The first-order valence-corrected chi connectivity index (χ1v) is 8.83. The Bertz CT molecular complexity index is 610. The van der Waals surface area contributed by atoms with E-state index in [4.69, 9.17) is 10.5 Å². The standard InChI is InChI=1S/C18H26FN5O/c1-14-3-2-6-24(14)16-4-7-23(8-5-16)18-21-11-17(12-22-18)25-13-15(9-19)10-20/h9,11-12,16H,1-8,10,13,20H2/b15-9+. The first kappa shape index (κ1) is 17.7. The fourth-order valence-corrected chi connectivity index (χ4v) is 3.43. The van der Waals surface area contributed by atoms with Crippen molar-refractivity contribution in [2.75, 3.05) is 37.7 Å². The van der Waals surface area contributed by atoms with E-state index in [0.717, 1.165) is 38.9 Å². The molecule has 0 radical (unpaired) electrons. The Morgan fingerprint density at radius 3 is 2.60 bits per heavy atom. The third-order valence-electron chi connectivity index (χ3n) is 4.91. The average molecular weight is 347 g/mol. The first-order valence-electron chi connectivity index (χ1n) is 8.83. The predicted octanol–water partition coefficient (Wildman–Crippen LogP) is 2.25. The summed E-state index contributed by atoms with van der Waals surface area (Å²) in [5.74, 6) is 1.23. The van der Waals surface area contributed by atoms with E-state index in [2.05, 4.69) is 26.3 Å². The van der Waals surface area contributed by atoms with Gasteiger partial charge in [0.05, 0.1) is 18.7 Å². The third-order valence-corrected chi connectivity index (χ3v) is 4.91. The lowest BCUT2D eigenvalue weighted by molar-refractivity contribution is 0.243. The molecule has 0 aromatic carbocycles. The second kappa shape index (κ2) is 8.29. The van der Waals surface area contributed by atoms with E-state index in [1.807, 2.05) is 0 Å². The molecule has 136 valence electrons. The number of nitrogens with zero attached hydrogens (tertiary/aromatic N) is 4. The summed E-state index contributed by atoms with van der Waals surface area (Å²) in [4.78, 5) is 13.4. The summed E-state index contributed by atoms with van der Waals surface area (Å²) < 4.78 is 17.9. The van der Waals surface area contributed by atoms with Crippen LogP contribution < -0.4 is 15.4 Å². The minimum Gasteiger partial charge on any atom is -0.486 e. The summed E-state index contributed by atoms with van der Waals surface area (Å²) >= 11 is 0. The number of hydrogen-bond acceptors (Lipinski definition) is 6. The number of halogens is 1. The first-order chi connectivity index (χ1) is 12.2. The highest BCUT2D eigenvalue weighted by molar-refractivity contribution is 5.32. The molecule has 1 aromatic heterocycles. The molecule has 0 atom stereocenters. The summed E-state index contributed by atoms with van der Waals surface area (Å²) in [5.41, 5.74) is 7.08. The zero-order chi connectivity index (χ0) is 17.6. The zero-order valence-electron chi connectivity index (χ0n) is 14.5. The second-order valence-corrected chi connectivity index (χ2v) is 6.56. The monoisotopic (exact) mass is 347 g/mol. The fraction of sp³-hybridized carbons (Fsp3) is 0.556. The fourth-order valence-electron chi connectivity index (χ4n) is 3.43. The molecule has 2 aliphatic heterocycles. The van der Waals surface area contributed by atoms with Crippen LogP contribution in [0.25, 0.3) is 0 Å². The molecule has 6 nitrogen and oxygen atoms in total. The average Bonchev–Trinajstić information content (AvgIpc) is 3.09. The van der Waals surface area contributed by atoms with Gasteiger partial charge in [-0.1, -0.05) is 6.58 Å². The molecule has 2 fully saturated rings. The highest BCUT2D eigenvalue weighted by atomic mass is 19.1. The van der Waals surface area contributed by atoms with E-state index in [1.165, 1.54) is 12.1 Å². The summed E-state index contributed by atoms with van der Waals surface area (Å²) in [6.07, 6.45) is 8.30. The molecule has 0 bridgehead atoms. The van der Waals surface area contributed by atoms with Gasteiger partial charge in [-0.15, -0.1) is 0 Å². The molecular formula is C18H26FN5O. The van der Waals surface area contributed by atoms with Crippen molar-refractivity contribution in [1.29, 1.82) is 0 Å². The largest absolute Gasteiger partial charge is 0.486 e. The van der Waals surface area contributed by atoms with Gasteiger partial charge in [0.25, 0.3) is 0 Å². The molecule has 0 amide bonds. The lowest BCUT2D eigenvalue weighted by atomic mass is 10.0. The Labute approximate surface area is 148 Å². The number of anilines is 1. The van der Waals surface area contributed by atoms with Crippen LogP contribution in [0.2, 0.25) is 0 Å². The normalized spacial score (nSPS) is 19.6. The van der Waals surface area contributed by atoms with E-state index in [0.29, 0.717) is 29.6 Å². The van der Waals surface area contributed by atoms with E-state index in [9.17, 15) is 4.39 Å². The number of rotatable bonds is 6. The van der Waals surface area contributed by atoms with Crippen molar-refractivity contribution in [3.8, 4) is 5.75 Å². The van der Waals surface area contributed by atoms with Crippen LogP contribution in [0.4, 0.5) is 10.3 Å². The second-order valence-electron chi connectivity index (χ2n) is 6.56. The van der Waals surface area contributed by atoms with E-state index < -0.39 is 0 Å². The Hall–Kier alpha value is -2.15. The molecule has 2 saturated heterocycles. The number of ether oxygens (including phenoxy) is 1. The van der Waals surface area contributed by atoms with Crippen LogP contribution in [0, 0.1) is 0 Å². The van der Waals surface area contributed by atoms with Gasteiger partial charge in [-0.2, -0.15) is 0 Å². The van der Waals surface area contributed by atoms with Gasteiger partial charge in [0, 0.05) is 43.5 Å². The van der Waals surface area contributed by atoms with Crippen LogP contribution in [-0.4, -0.2) is 53.7 Å². The van der Waals surface area contributed by atoms with Crippen molar-refractivity contribution in [2.45, 2.75) is 31.7 Å². The molecule has 25 heavy (non-hydrogen) atoms. The molecule has 3 rings (SSSR count). The Kier molecular flexibility index (Phi) is 5.86. The van der Waals surface area contributed by atoms with E-state index >= 15 is 0 Å². The van der Waals surface area contributed by atoms with Gasteiger partial charge >= 0.3 is 0 Å². The van der Waals surface area contributed by atoms with Gasteiger partial charge in [-0.3, -0.25) is 0 Å². The van der Waals surface area contributed by atoms with Crippen LogP contribution in [0.15, 0.2) is 36.6 Å². The van der Waals surface area contributed by atoms with Gasteiger partial charge < -0.3 is 20.3 Å². The minimum atomic E-state index is 0.112. The van der Waals surface area contributed by atoms with Gasteiger partial charge in [0.15, 0.2) is 5.75 Å². The molecular weight excluding hydrogens is 321 g/mol. The Balaban J connectivity index is 1.51. The highest BCUT2D eigenvalue weighted by Crippen LogP contribution is 2.28. The maximum atomic E-state index is 12.5. The van der Waals surface area contributed by atoms with Crippen molar-refractivity contribution in [2.24, 2.45) is 5.73 Å². The summed E-state index contributed by atoms with van der Waals surface area (Å²) in [6.45, 7) is 7.45. The lowest BCUT2D eigenvalue weighted by Gasteiger charge is -2.38.